The summed E-state index contributed by atoms with van der Waals surface area (Å²) in [5.41, 5.74) is 1.99. The van der Waals surface area contributed by atoms with Crippen molar-refractivity contribution in [2.24, 2.45) is 10.2 Å². The Kier molecular flexibility index (Phi) is 6.47. The van der Waals surface area contributed by atoms with Crippen molar-refractivity contribution in [2.75, 3.05) is 0 Å². The Bertz CT molecular complexity index is 806. The highest BCUT2D eigenvalue weighted by atomic mass is 35.5. The van der Waals surface area contributed by atoms with Gasteiger partial charge in [-0.15, -0.1) is 5.10 Å². The van der Waals surface area contributed by atoms with E-state index in [9.17, 15) is 4.79 Å². The van der Waals surface area contributed by atoms with E-state index in [-0.39, 0.29) is 11.2 Å². The largest absolute Gasteiger partial charge is 0.284 e. The minimum atomic E-state index is -0.0757. The molecule has 3 rings (SSSR count). The Labute approximate surface area is 163 Å². The molecule has 1 amide bonds. The molecule has 2 aromatic rings. The van der Waals surface area contributed by atoms with E-state index in [4.69, 9.17) is 11.6 Å². The van der Waals surface area contributed by atoms with Crippen LogP contribution in [-0.4, -0.2) is 27.4 Å². The highest BCUT2D eigenvalue weighted by Gasteiger charge is 2.37. The molecule has 0 unspecified atom stereocenters. The second-order valence-corrected chi connectivity index (χ2v) is 7.59. The standard InChI is InChI=1S/C20H20ClN3OS/c1-2-6-18-19(25)24(14-16-7-4-3-5-8-16)20(26-18)23-22-13-15-9-11-17(21)12-10-15/h3-5,7-13,18H,2,6,14H2,1H3/b22-13-,23-20+/t18-/m1/s1. The van der Waals surface area contributed by atoms with Gasteiger partial charge in [0.2, 0.25) is 5.91 Å². The average Bonchev–Trinajstić information content (AvgIpc) is 2.94. The molecule has 1 heterocycles. The van der Waals surface area contributed by atoms with Crippen molar-refractivity contribution in [3.05, 3.63) is 70.7 Å². The van der Waals surface area contributed by atoms with Gasteiger partial charge >= 0.3 is 0 Å². The van der Waals surface area contributed by atoms with Crippen molar-refractivity contribution >= 4 is 40.7 Å². The third-order valence-corrected chi connectivity index (χ3v) is 5.46. The fraction of sp³-hybridized carbons (Fsp3) is 0.250. The zero-order valence-electron chi connectivity index (χ0n) is 14.5. The SMILES string of the molecule is CCC[C@H]1S/C(=N/N=C\c2ccc(Cl)cc2)N(Cc2ccccc2)C1=O. The topological polar surface area (TPSA) is 45.0 Å². The molecule has 1 fully saturated rings. The molecule has 0 N–H and O–H groups in total. The molecule has 0 aromatic heterocycles. The number of amidine groups is 1. The lowest BCUT2D eigenvalue weighted by atomic mass is 10.2. The van der Waals surface area contributed by atoms with Crippen molar-refractivity contribution in [1.82, 2.24) is 4.90 Å². The summed E-state index contributed by atoms with van der Waals surface area (Å²) in [7, 11) is 0. The van der Waals surface area contributed by atoms with Crippen LogP contribution in [0.15, 0.2) is 64.8 Å². The van der Waals surface area contributed by atoms with Crippen LogP contribution in [0.3, 0.4) is 0 Å². The van der Waals surface area contributed by atoms with E-state index in [1.807, 2.05) is 54.6 Å². The molecule has 0 aliphatic carbocycles. The van der Waals surface area contributed by atoms with Gasteiger partial charge in [-0.25, -0.2) is 0 Å². The Morgan fingerprint density at radius 2 is 1.88 bits per heavy atom. The highest BCUT2D eigenvalue weighted by molar-refractivity contribution is 8.15. The number of carbonyl (C=O) groups is 1. The van der Waals surface area contributed by atoms with Crippen LogP contribution in [0.4, 0.5) is 0 Å². The zero-order valence-corrected chi connectivity index (χ0v) is 16.1. The van der Waals surface area contributed by atoms with Crippen LogP contribution in [0, 0.1) is 0 Å². The van der Waals surface area contributed by atoms with Crippen LogP contribution in [0.1, 0.15) is 30.9 Å². The van der Waals surface area contributed by atoms with Crippen LogP contribution in [0.25, 0.3) is 0 Å². The first-order chi connectivity index (χ1) is 12.7. The Balaban J connectivity index is 1.79. The zero-order chi connectivity index (χ0) is 18.4. The van der Waals surface area contributed by atoms with Gasteiger partial charge in [-0.1, -0.05) is 79.2 Å². The monoisotopic (exact) mass is 385 g/mol. The number of hydrogen-bond donors (Lipinski definition) is 0. The van der Waals surface area contributed by atoms with Crippen molar-refractivity contribution in [3.8, 4) is 0 Å². The number of amides is 1. The third-order valence-electron chi connectivity index (χ3n) is 3.97. The molecule has 2 aromatic carbocycles. The van der Waals surface area contributed by atoms with Gasteiger partial charge in [0.1, 0.15) is 0 Å². The maximum atomic E-state index is 12.7. The molecule has 26 heavy (non-hydrogen) atoms. The van der Waals surface area contributed by atoms with Crippen molar-refractivity contribution < 1.29 is 4.79 Å². The van der Waals surface area contributed by atoms with Crippen LogP contribution in [0.5, 0.6) is 0 Å². The summed E-state index contributed by atoms with van der Waals surface area (Å²) < 4.78 is 0. The highest BCUT2D eigenvalue weighted by Crippen LogP contribution is 2.31. The fourth-order valence-corrected chi connectivity index (χ4v) is 3.97. The van der Waals surface area contributed by atoms with Crippen LogP contribution >= 0.6 is 23.4 Å². The summed E-state index contributed by atoms with van der Waals surface area (Å²) in [6.45, 7) is 2.60. The second-order valence-electron chi connectivity index (χ2n) is 5.98. The number of nitrogens with zero attached hydrogens (tertiary/aromatic N) is 3. The molecule has 1 saturated heterocycles. The summed E-state index contributed by atoms with van der Waals surface area (Å²) in [5, 5.41) is 9.76. The molecule has 0 bridgehead atoms. The Morgan fingerprint density at radius 3 is 2.58 bits per heavy atom. The fourth-order valence-electron chi connectivity index (χ4n) is 2.64. The Hall–Kier alpha value is -2.11. The maximum Gasteiger partial charge on any atom is 0.242 e. The summed E-state index contributed by atoms with van der Waals surface area (Å²) in [6.07, 6.45) is 3.47. The number of hydrogen-bond acceptors (Lipinski definition) is 4. The number of halogens is 1. The van der Waals surface area contributed by atoms with E-state index in [1.54, 1.807) is 11.1 Å². The van der Waals surface area contributed by atoms with E-state index in [1.165, 1.54) is 11.8 Å². The number of rotatable bonds is 6. The van der Waals surface area contributed by atoms with Crippen LogP contribution in [0.2, 0.25) is 5.02 Å². The smallest absolute Gasteiger partial charge is 0.242 e. The minimum Gasteiger partial charge on any atom is -0.284 e. The quantitative estimate of drug-likeness (QED) is 0.520. The summed E-state index contributed by atoms with van der Waals surface area (Å²) in [5.74, 6) is 0.112. The molecule has 0 spiro atoms. The minimum absolute atomic E-state index is 0.0757. The molecule has 1 atom stereocenters. The molecule has 0 radical (unpaired) electrons. The van der Waals surface area contributed by atoms with E-state index in [0.717, 1.165) is 24.0 Å². The molecule has 1 aliphatic rings. The summed E-state index contributed by atoms with van der Waals surface area (Å²) >= 11 is 7.39. The van der Waals surface area contributed by atoms with E-state index in [2.05, 4.69) is 17.1 Å². The van der Waals surface area contributed by atoms with Crippen LogP contribution in [-0.2, 0) is 11.3 Å². The molecule has 134 valence electrons. The van der Waals surface area contributed by atoms with Gasteiger partial charge in [-0.3, -0.25) is 9.69 Å². The lowest BCUT2D eigenvalue weighted by molar-refractivity contribution is -0.126. The van der Waals surface area contributed by atoms with E-state index >= 15 is 0 Å². The van der Waals surface area contributed by atoms with Gasteiger partial charge in [0.25, 0.3) is 0 Å². The van der Waals surface area contributed by atoms with E-state index in [0.29, 0.717) is 16.7 Å². The first-order valence-electron chi connectivity index (χ1n) is 8.56. The first kappa shape index (κ1) is 18.7. The first-order valence-corrected chi connectivity index (χ1v) is 9.81. The Morgan fingerprint density at radius 1 is 1.15 bits per heavy atom. The van der Waals surface area contributed by atoms with Crippen molar-refractivity contribution in [3.63, 3.8) is 0 Å². The molecular formula is C20H20ClN3OS. The normalized spacial score (nSPS) is 19.0. The molecule has 6 heteroatoms. The molecule has 4 nitrogen and oxygen atoms in total. The van der Waals surface area contributed by atoms with E-state index < -0.39 is 0 Å². The van der Waals surface area contributed by atoms with Gasteiger partial charge in [-0.05, 0) is 29.7 Å². The maximum absolute atomic E-state index is 12.7. The van der Waals surface area contributed by atoms with Gasteiger partial charge in [0.05, 0.1) is 18.0 Å². The average molecular weight is 386 g/mol. The van der Waals surface area contributed by atoms with Gasteiger partial charge < -0.3 is 0 Å². The number of thioether (sulfide) groups is 1. The van der Waals surface area contributed by atoms with Gasteiger partial charge in [0.15, 0.2) is 5.17 Å². The lowest BCUT2D eigenvalue weighted by Crippen LogP contribution is -2.31. The molecular weight excluding hydrogens is 366 g/mol. The molecule has 1 aliphatic heterocycles. The summed E-state index contributed by atoms with van der Waals surface area (Å²) in [6, 6.07) is 17.3. The second kappa shape index (κ2) is 9.01. The predicted octanol–water partition coefficient (Wildman–Crippen LogP) is 4.97. The predicted molar refractivity (Wildman–Crippen MR) is 110 cm³/mol. The number of carbonyl (C=O) groups excluding carboxylic acids is 1. The summed E-state index contributed by atoms with van der Waals surface area (Å²) in [4.78, 5) is 14.5. The third kappa shape index (κ3) is 4.74. The van der Waals surface area contributed by atoms with Gasteiger partial charge in [-0.2, -0.15) is 5.10 Å². The van der Waals surface area contributed by atoms with Gasteiger partial charge in [0, 0.05) is 5.02 Å². The lowest BCUT2D eigenvalue weighted by Gasteiger charge is -2.15. The number of benzene rings is 2. The van der Waals surface area contributed by atoms with Crippen molar-refractivity contribution in [2.45, 2.75) is 31.6 Å². The molecule has 0 saturated carbocycles. The van der Waals surface area contributed by atoms with Crippen LogP contribution < -0.4 is 0 Å². The van der Waals surface area contributed by atoms with Crippen molar-refractivity contribution in [1.29, 1.82) is 0 Å².